The molecule has 0 aliphatic carbocycles. The van der Waals surface area contributed by atoms with E-state index in [1.165, 1.54) is 0 Å². The zero-order chi connectivity index (χ0) is 9.11. The molecule has 0 bridgehead atoms. The third-order valence-corrected chi connectivity index (χ3v) is 0.577. The van der Waals surface area contributed by atoms with Crippen molar-refractivity contribution < 1.29 is 9.90 Å². The van der Waals surface area contributed by atoms with E-state index in [9.17, 15) is 0 Å². The fourth-order valence-electron chi connectivity index (χ4n) is 0.287. The van der Waals surface area contributed by atoms with Gasteiger partial charge in [-0.2, -0.15) is 0 Å². The Labute approximate surface area is 67.4 Å². The van der Waals surface area contributed by atoms with Gasteiger partial charge in [-0.1, -0.05) is 12.2 Å². The van der Waals surface area contributed by atoms with Crippen LogP contribution in [0.3, 0.4) is 0 Å². The Hall–Kier alpha value is -1.09. The van der Waals surface area contributed by atoms with Crippen LogP contribution in [0.2, 0.25) is 0 Å². The monoisotopic (exact) mass is 157 g/mol. The van der Waals surface area contributed by atoms with Gasteiger partial charge in [-0.05, 0) is 0 Å². The lowest BCUT2D eigenvalue weighted by Gasteiger charge is -1.90. The maximum atomic E-state index is 9.00. The largest absolute Gasteiger partial charge is 0.481 e. The van der Waals surface area contributed by atoms with Gasteiger partial charge in [0.2, 0.25) is 0 Å². The molecule has 0 heterocycles. The number of hydrogen-bond donors (Lipinski definition) is 2. The van der Waals surface area contributed by atoms with Gasteiger partial charge in [0.05, 0.1) is 0 Å². The SMILES string of the molecule is C=CCNCC=C.CC(=O)O. The first-order valence-corrected chi connectivity index (χ1v) is 3.27. The topological polar surface area (TPSA) is 49.3 Å². The molecule has 2 N–H and O–H groups in total. The maximum absolute atomic E-state index is 9.00. The van der Waals surface area contributed by atoms with Crippen molar-refractivity contribution >= 4 is 5.97 Å². The van der Waals surface area contributed by atoms with Crippen LogP contribution in [0.4, 0.5) is 0 Å². The third kappa shape index (κ3) is 50.2. The van der Waals surface area contributed by atoms with E-state index in [0.717, 1.165) is 20.0 Å². The van der Waals surface area contributed by atoms with Crippen molar-refractivity contribution in [2.24, 2.45) is 0 Å². The molecule has 0 aromatic heterocycles. The molecule has 0 aliphatic rings. The molecule has 0 aromatic carbocycles. The Morgan fingerprint density at radius 3 is 1.91 bits per heavy atom. The average molecular weight is 157 g/mol. The molecule has 0 radical (unpaired) electrons. The second-order valence-electron chi connectivity index (χ2n) is 1.75. The highest BCUT2D eigenvalue weighted by Gasteiger charge is 1.69. The number of nitrogens with one attached hydrogen (secondary N) is 1. The molecule has 0 fully saturated rings. The van der Waals surface area contributed by atoms with Crippen LogP contribution >= 0.6 is 0 Å². The van der Waals surface area contributed by atoms with E-state index in [1.54, 1.807) is 0 Å². The van der Waals surface area contributed by atoms with Gasteiger partial charge in [0, 0.05) is 20.0 Å². The molecule has 0 saturated carbocycles. The van der Waals surface area contributed by atoms with Crippen LogP contribution in [0.1, 0.15) is 6.92 Å². The molecule has 0 atom stereocenters. The highest BCUT2D eigenvalue weighted by atomic mass is 16.4. The second-order valence-corrected chi connectivity index (χ2v) is 1.75. The first-order chi connectivity index (χ1) is 5.15. The van der Waals surface area contributed by atoms with Crippen molar-refractivity contribution in [2.45, 2.75) is 6.92 Å². The fourth-order valence-corrected chi connectivity index (χ4v) is 0.287. The van der Waals surface area contributed by atoms with Crippen LogP contribution in [0.15, 0.2) is 25.3 Å². The van der Waals surface area contributed by atoms with Gasteiger partial charge >= 0.3 is 0 Å². The molecule has 0 unspecified atom stereocenters. The lowest BCUT2D eigenvalue weighted by molar-refractivity contribution is -0.134. The summed E-state index contributed by atoms with van der Waals surface area (Å²) in [7, 11) is 0. The van der Waals surface area contributed by atoms with Crippen LogP contribution in [-0.2, 0) is 4.79 Å². The van der Waals surface area contributed by atoms with E-state index < -0.39 is 5.97 Å². The molecular weight excluding hydrogens is 142 g/mol. The fraction of sp³-hybridized carbons (Fsp3) is 0.375. The minimum absolute atomic E-state index is 0.833. The van der Waals surface area contributed by atoms with E-state index in [1.807, 2.05) is 12.2 Å². The maximum Gasteiger partial charge on any atom is 0.300 e. The summed E-state index contributed by atoms with van der Waals surface area (Å²) in [6.45, 7) is 9.89. The van der Waals surface area contributed by atoms with Crippen molar-refractivity contribution in [3.05, 3.63) is 25.3 Å². The number of carboxylic acids is 1. The van der Waals surface area contributed by atoms with Gasteiger partial charge < -0.3 is 10.4 Å². The Kier molecular flexibility index (Phi) is 13.3. The summed E-state index contributed by atoms with van der Waals surface area (Å²) in [6, 6.07) is 0. The highest BCUT2D eigenvalue weighted by Crippen LogP contribution is 1.59. The van der Waals surface area contributed by atoms with E-state index in [4.69, 9.17) is 9.90 Å². The van der Waals surface area contributed by atoms with Crippen LogP contribution in [0.5, 0.6) is 0 Å². The average Bonchev–Trinajstić information content (AvgIpc) is 1.88. The first kappa shape index (κ1) is 12.6. The highest BCUT2D eigenvalue weighted by molar-refractivity contribution is 5.62. The van der Waals surface area contributed by atoms with Gasteiger partial charge in [-0.3, -0.25) is 4.79 Å². The molecule has 0 rings (SSSR count). The second kappa shape index (κ2) is 11.7. The molecule has 0 aliphatic heterocycles. The number of carbonyl (C=O) groups is 1. The quantitative estimate of drug-likeness (QED) is 0.473. The van der Waals surface area contributed by atoms with Gasteiger partial charge in [0.1, 0.15) is 0 Å². The zero-order valence-corrected chi connectivity index (χ0v) is 6.84. The predicted molar refractivity (Wildman–Crippen MR) is 46.6 cm³/mol. The summed E-state index contributed by atoms with van der Waals surface area (Å²) in [6.07, 6.45) is 3.65. The molecule has 0 aromatic rings. The van der Waals surface area contributed by atoms with Crippen LogP contribution in [-0.4, -0.2) is 24.2 Å². The van der Waals surface area contributed by atoms with Crippen molar-refractivity contribution in [1.82, 2.24) is 5.32 Å². The van der Waals surface area contributed by atoms with Gasteiger partial charge in [0.25, 0.3) is 5.97 Å². The zero-order valence-electron chi connectivity index (χ0n) is 6.84. The molecule has 0 saturated heterocycles. The van der Waals surface area contributed by atoms with Gasteiger partial charge in [-0.15, -0.1) is 13.2 Å². The Balaban J connectivity index is 0. The summed E-state index contributed by atoms with van der Waals surface area (Å²) in [5.41, 5.74) is 0. The smallest absolute Gasteiger partial charge is 0.300 e. The van der Waals surface area contributed by atoms with Gasteiger partial charge in [0.15, 0.2) is 0 Å². The number of carboxylic acid groups (broad SMARTS) is 1. The van der Waals surface area contributed by atoms with Crippen molar-refractivity contribution in [3.63, 3.8) is 0 Å². The summed E-state index contributed by atoms with van der Waals surface area (Å²) in [4.78, 5) is 9.00. The Bertz CT molecular complexity index is 109. The standard InChI is InChI=1S/C6H11N.C2H4O2/c1-3-5-7-6-4-2;1-2(3)4/h3-4,7H,1-2,5-6H2;1H3,(H,3,4). The minimum Gasteiger partial charge on any atom is -0.481 e. The molecule has 64 valence electrons. The van der Waals surface area contributed by atoms with Crippen LogP contribution in [0.25, 0.3) is 0 Å². The Morgan fingerprint density at radius 2 is 1.73 bits per heavy atom. The van der Waals surface area contributed by atoms with Crippen molar-refractivity contribution in [2.75, 3.05) is 13.1 Å². The minimum atomic E-state index is -0.833. The van der Waals surface area contributed by atoms with Crippen molar-refractivity contribution in [1.29, 1.82) is 0 Å². The molecule has 3 heteroatoms. The van der Waals surface area contributed by atoms with E-state index >= 15 is 0 Å². The summed E-state index contributed by atoms with van der Waals surface area (Å²) in [5, 5.41) is 10.5. The lowest BCUT2D eigenvalue weighted by atomic mass is 10.5. The third-order valence-electron chi connectivity index (χ3n) is 0.577. The molecule has 3 nitrogen and oxygen atoms in total. The molecule has 0 spiro atoms. The lowest BCUT2D eigenvalue weighted by Crippen LogP contribution is -2.11. The normalized spacial score (nSPS) is 7.36. The summed E-state index contributed by atoms with van der Waals surface area (Å²) >= 11 is 0. The van der Waals surface area contributed by atoms with E-state index in [0.29, 0.717) is 0 Å². The van der Waals surface area contributed by atoms with Gasteiger partial charge in [-0.25, -0.2) is 0 Å². The molecule has 0 amide bonds. The van der Waals surface area contributed by atoms with Crippen molar-refractivity contribution in [3.8, 4) is 0 Å². The first-order valence-electron chi connectivity index (χ1n) is 3.27. The Morgan fingerprint density at radius 1 is 1.45 bits per heavy atom. The number of aliphatic carboxylic acids is 1. The summed E-state index contributed by atoms with van der Waals surface area (Å²) < 4.78 is 0. The van der Waals surface area contributed by atoms with E-state index in [-0.39, 0.29) is 0 Å². The van der Waals surface area contributed by atoms with Crippen LogP contribution < -0.4 is 5.32 Å². The van der Waals surface area contributed by atoms with Crippen LogP contribution in [0, 0.1) is 0 Å². The molecular formula is C8H15NO2. The van der Waals surface area contributed by atoms with E-state index in [2.05, 4.69) is 18.5 Å². The predicted octanol–water partition coefficient (Wildman–Crippen LogP) is 1.04. The molecule has 11 heavy (non-hydrogen) atoms. The number of hydrogen-bond acceptors (Lipinski definition) is 2. The summed E-state index contributed by atoms with van der Waals surface area (Å²) in [5.74, 6) is -0.833. The number of rotatable bonds is 4.